The Morgan fingerprint density at radius 3 is 2.62 bits per heavy atom. The van der Waals surface area contributed by atoms with Crippen molar-refractivity contribution in [2.75, 3.05) is 11.9 Å². The number of nitriles is 1. The van der Waals surface area contributed by atoms with Crippen LogP contribution in [0.2, 0.25) is 0 Å². The third-order valence-electron chi connectivity index (χ3n) is 3.20. The predicted molar refractivity (Wildman–Crippen MR) is 63.0 cm³/mol. The van der Waals surface area contributed by atoms with E-state index in [1.165, 1.54) is 0 Å². The lowest BCUT2D eigenvalue weighted by Gasteiger charge is -2.15. The molecular formula is C13H16N2O. The van der Waals surface area contributed by atoms with E-state index in [4.69, 9.17) is 5.26 Å². The van der Waals surface area contributed by atoms with E-state index in [9.17, 15) is 5.11 Å². The molecule has 2 N–H and O–H groups in total. The average Bonchev–Trinajstić information content (AvgIpc) is 2.73. The molecule has 3 nitrogen and oxygen atoms in total. The fourth-order valence-corrected chi connectivity index (χ4v) is 2.17. The highest BCUT2D eigenvalue weighted by atomic mass is 16.3. The predicted octanol–water partition coefficient (Wildman–Crippen LogP) is 2.13. The molecule has 0 aliphatic heterocycles. The number of benzene rings is 1. The van der Waals surface area contributed by atoms with Crippen LogP contribution in [0.1, 0.15) is 24.8 Å². The Kier molecular flexibility index (Phi) is 3.43. The van der Waals surface area contributed by atoms with E-state index in [1.54, 1.807) is 12.1 Å². The molecule has 0 spiro atoms. The third-order valence-corrected chi connectivity index (χ3v) is 3.20. The highest BCUT2D eigenvalue weighted by molar-refractivity contribution is 5.47. The molecule has 1 saturated carbocycles. The zero-order valence-corrected chi connectivity index (χ0v) is 9.19. The third kappa shape index (κ3) is 2.53. The summed E-state index contributed by atoms with van der Waals surface area (Å²) >= 11 is 0. The van der Waals surface area contributed by atoms with E-state index in [-0.39, 0.29) is 6.10 Å². The maximum absolute atomic E-state index is 9.67. The molecule has 1 aromatic carbocycles. The Bertz CT molecular complexity index is 380. The number of anilines is 1. The van der Waals surface area contributed by atoms with Gasteiger partial charge in [0.25, 0.3) is 0 Å². The normalized spacial score (nSPS) is 24.0. The lowest BCUT2D eigenvalue weighted by atomic mass is 10.1. The van der Waals surface area contributed by atoms with Crippen LogP contribution in [0.4, 0.5) is 5.69 Å². The Morgan fingerprint density at radius 1 is 1.31 bits per heavy atom. The molecule has 0 aromatic heterocycles. The molecule has 2 unspecified atom stereocenters. The van der Waals surface area contributed by atoms with Crippen molar-refractivity contribution >= 4 is 5.69 Å². The molecule has 0 heterocycles. The van der Waals surface area contributed by atoms with Gasteiger partial charge < -0.3 is 10.4 Å². The molecule has 1 aliphatic carbocycles. The Balaban J connectivity index is 1.87. The maximum atomic E-state index is 9.67. The molecule has 2 rings (SSSR count). The number of rotatable bonds is 3. The van der Waals surface area contributed by atoms with Crippen LogP contribution < -0.4 is 5.32 Å². The number of aliphatic hydroxyl groups is 1. The van der Waals surface area contributed by atoms with Crippen LogP contribution in [-0.2, 0) is 0 Å². The molecule has 1 aromatic rings. The summed E-state index contributed by atoms with van der Waals surface area (Å²) in [7, 11) is 0. The molecule has 0 amide bonds. The van der Waals surface area contributed by atoms with Crippen molar-refractivity contribution in [3.05, 3.63) is 29.8 Å². The van der Waals surface area contributed by atoms with E-state index in [1.807, 2.05) is 12.1 Å². The Labute approximate surface area is 95.7 Å². The molecule has 0 bridgehead atoms. The van der Waals surface area contributed by atoms with Crippen molar-refractivity contribution in [3.8, 4) is 6.07 Å². The van der Waals surface area contributed by atoms with Crippen LogP contribution in [0.15, 0.2) is 24.3 Å². The van der Waals surface area contributed by atoms with Crippen LogP contribution in [0.3, 0.4) is 0 Å². The number of nitrogens with one attached hydrogen (secondary N) is 1. The van der Waals surface area contributed by atoms with Crippen molar-refractivity contribution < 1.29 is 5.11 Å². The second kappa shape index (κ2) is 5.00. The summed E-state index contributed by atoms with van der Waals surface area (Å²) < 4.78 is 0. The first kappa shape index (κ1) is 11.0. The van der Waals surface area contributed by atoms with Crippen LogP contribution in [0.25, 0.3) is 0 Å². The van der Waals surface area contributed by atoms with Crippen molar-refractivity contribution in [1.82, 2.24) is 0 Å². The summed E-state index contributed by atoms with van der Waals surface area (Å²) in [6, 6.07) is 9.49. The van der Waals surface area contributed by atoms with Gasteiger partial charge in [0.2, 0.25) is 0 Å². The van der Waals surface area contributed by atoms with Crippen LogP contribution in [0.5, 0.6) is 0 Å². The minimum atomic E-state index is -0.147. The fraction of sp³-hybridized carbons (Fsp3) is 0.462. The lowest BCUT2D eigenvalue weighted by molar-refractivity contribution is 0.138. The zero-order chi connectivity index (χ0) is 11.4. The topological polar surface area (TPSA) is 56.0 Å². The van der Waals surface area contributed by atoms with Crippen LogP contribution in [-0.4, -0.2) is 17.8 Å². The molecule has 84 valence electrons. The van der Waals surface area contributed by atoms with Gasteiger partial charge in [0.15, 0.2) is 0 Å². The molecule has 1 aliphatic rings. The van der Waals surface area contributed by atoms with Gasteiger partial charge in [0.1, 0.15) is 0 Å². The minimum absolute atomic E-state index is 0.147. The summed E-state index contributed by atoms with van der Waals surface area (Å²) in [5.74, 6) is 0.371. The molecule has 16 heavy (non-hydrogen) atoms. The fourth-order valence-electron chi connectivity index (χ4n) is 2.17. The number of aliphatic hydroxyl groups excluding tert-OH is 1. The summed E-state index contributed by atoms with van der Waals surface area (Å²) in [4.78, 5) is 0. The second-order valence-electron chi connectivity index (χ2n) is 4.33. The van der Waals surface area contributed by atoms with Crippen LogP contribution in [0, 0.1) is 17.2 Å². The molecule has 3 heteroatoms. The first-order valence-corrected chi connectivity index (χ1v) is 5.71. The van der Waals surface area contributed by atoms with E-state index < -0.39 is 0 Å². The average molecular weight is 216 g/mol. The summed E-state index contributed by atoms with van der Waals surface area (Å²) in [5, 5.41) is 21.6. The zero-order valence-electron chi connectivity index (χ0n) is 9.19. The first-order valence-electron chi connectivity index (χ1n) is 5.71. The van der Waals surface area contributed by atoms with Gasteiger partial charge in [0, 0.05) is 18.2 Å². The van der Waals surface area contributed by atoms with Crippen molar-refractivity contribution in [1.29, 1.82) is 5.26 Å². The maximum Gasteiger partial charge on any atom is 0.0991 e. The van der Waals surface area contributed by atoms with Crippen molar-refractivity contribution in [2.24, 2.45) is 5.92 Å². The van der Waals surface area contributed by atoms with Gasteiger partial charge in [-0.05, 0) is 37.1 Å². The van der Waals surface area contributed by atoms with E-state index in [0.717, 1.165) is 31.5 Å². The molecule has 2 atom stereocenters. The lowest BCUT2D eigenvalue weighted by Crippen LogP contribution is -2.21. The van der Waals surface area contributed by atoms with Gasteiger partial charge in [-0.25, -0.2) is 0 Å². The van der Waals surface area contributed by atoms with Gasteiger partial charge in [-0.3, -0.25) is 0 Å². The molecule has 0 saturated heterocycles. The minimum Gasteiger partial charge on any atom is -0.393 e. The molecular weight excluding hydrogens is 200 g/mol. The number of hydrogen-bond donors (Lipinski definition) is 2. The van der Waals surface area contributed by atoms with Gasteiger partial charge in [0.05, 0.1) is 17.7 Å². The highest BCUT2D eigenvalue weighted by Gasteiger charge is 2.24. The largest absolute Gasteiger partial charge is 0.393 e. The first-order chi connectivity index (χ1) is 7.79. The SMILES string of the molecule is N#Cc1ccc(NCC2CCCC2O)cc1. The molecule has 1 fully saturated rings. The summed E-state index contributed by atoms with van der Waals surface area (Å²) in [6.07, 6.45) is 3.01. The standard InChI is InChI=1S/C13H16N2O/c14-8-10-4-6-12(7-5-10)15-9-11-2-1-3-13(11)16/h4-7,11,13,15-16H,1-3,9H2. The van der Waals surface area contributed by atoms with E-state index in [0.29, 0.717) is 11.5 Å². The van der Waals surface area contributed by atoms with Gasteiger partial charge in [-0.2, -0.15) is 5.26 Å². The van der Waals surface area contributed by atoms with Crippen molar-refractivity contribution in [3.63, 3.8) is 0 Å². The summed E-state index contributed by atoms with van der Waals surface area (Å²) in [5.41, 5.74) is 1.68. The van der Waals surface area contributed by atoms with Gasteiger partial charge in [-0.15, -0.1) is 0 Å². The summed E-state index contributed by atoms with van der Waals surface area (Å²) in [6.45, 7) is 0.813. The van der Waals surface area contributed by atoms with Gasteiger partial charge >= 0.3 is 0 Å². The number of hydrogen-bond acceptors (Lipinski definition) is 3. The molecule has 0 radical (unpaired) electrons. The monoisotopic (exact) mass is 216 g/mol. The highest BCUT2D eigenvalue weighted by Crippen LogP contribution is 2.25. The number of nitrogens with zero attached hydrogens (tertiary/aromatic N) is 1. The van der Waals surface area contributed by atoms with Gasteiger partial charge in [-0.1, -0.05) is 6.42 Å². The second-order valence-corrected chi connectivity index (χ2v) is 4.33. The smallest absolute Gasteiger partial charge is 0.0991 e. The quantitative estimate of drug-likeness (QED) is 0.813. The van der Waals surface area contributed by atoms with Crippen LogP contribution >= 0.6 is 0 Å². The van der Waals surface area contributed by atoms with E-state index >= 15 is 0 Å². The Morgan fingerprint density at radius 2 is 2.06 bits per heavy atom. The van der Waals surface area contributed by atoms with E-state index in [2.05, 4.69) is 11.4 Å². The van der Waals surface area contributed by atoms with Crippen molar-refractivity contribution in [2.45, 2.75) is 25.4 Å². The Hall–Kier alpha value is -1.53.